The van der Waals surface area contributed by atoms with Gasteiger partial charge in [-0.05, 0) is 31.4 Å². The lowest BCUT2D eigenvalue weighted by atomic mass is 9.94. The molecule has 2 fully saturated rings. The van der Waals surface area contributed by atoms with Gasteiger partial charge in [0, 0.05) is 24.1 Å². The van der Waals surface area contributed by atoms with Gasteiger partial charge in [0.25, 0.3) is 0 Å². The Morgan fingerprint density at radius 3 is 2.62 bits per heavy atom. The first kappa shape index (κ1) is 12.7. The van der Waals surface area contributed by atoms with Gasteiger partial charge in [0.1, 0.15) is 9.84 Å². The molecule has 3 unspecified atom stereocenters. The molecule has 1 heterocycles. The monoisotopic (exact) mass is 263 g/mol. The molecule has 1 aliphatic heterocycles. The van der Waals surface area contributed by atoms with Gasteiger partial charge in [0.2, 0.25) is 0 Å². The Balaban J connectivity index is 1.86. The number of hydrogen-bond acceptors (Lipinski definition) is 4. The lowest BCUT2D eigenvalue weighted by Crippen LogP contribution is -2.43. The summed E-state index contributed by atoms with van der Waals surface area (Å²) in [7, 11) is -2.84. The molecule has 5 heteroatoms. The fourth-order valence-electron chi connectivity index (χ4n) is 2.68. The van der Waals surface area contributed by atoms with Gasteiger partial charge in [-0.1, -0.05) is 6.42 Å². The number of thioether (sulfide) groups is 1. The Bertz CT molecular complexity index is 323. The number of hydrogen-bond donors (Lipinski definition) is 1. The van der Waals surface area contributed by atoms with Crippen LogP contribution in [0.1, 0.15) is 32.1 Å². The van der Waals surface area contributed by atoms with Crippen LogP contribution in [0.15, 0.2) is 0 Å². The van der Waals surface area contributed by atoms with Crippen LogP contribution in [0.5, 0.6) is 0 Å². The zero-order chi connectivity index (χ0) is 11.6. The lowest BCUT2D eigenvalue weighted by Gasteiger charge is -2.30. The molecule has 0 aromatic carbocycles. The Labute approximate surface area is 103 Å². The summed E-state index contributed by atoms with van der Waals surface area (Å²) in [5.74, 6) is 2.44. The molecule has 1 saturated carbocycles. The molecule has 0 amide bonds. The first-order chi connectivity index (χ1) is 7.55. The van der Waals surface area contributed by atoms with Crippen molar-refractivity contribution in [3.8, 4) is 0 Å². The fraction of sp³-hybridized carbons (Fsp3) is 1.00. The van der Waals surface area contributed by atoms with Gasteiger partial charge in [-0.2, -0.15) is 11.8 Å². The van der Waals surface area contributed by atoms with E-state index >= 15 is 0 Å². The van der Waals surface area contributed by atoms with Gasteiger partial charge in [-0.15, -0.1) is 0 Å². The third-order valence-electron chi connectivity index (χ3n) is 3.63. The van der Waals surface area contributed by atoms with Crippen molar-refractivity contribution in [2.45, 2.75) is 49.4 Å². The van der Waals surface area contributed by atoms with Crippen molar-refractivity contribution in [1.82, 2.24) is 5.32 Å². The van der Waals surface area contributed by atoms with Gasteiger partial charge in [-0.3, -0.25) is 0 Å². The Morgan fingerprint density at radius 1 is 1.19 bits per heavy atom. The third kappa shape index (κ3) is 3.37. The quantitative estimate of drug-likeness (QED) is 0.837. The number of sulfone groups is 1. The van der Waals surface area contributed by atoms with E-state index in [-0.39, 0.29) is 5.25 Å². The summed E-state index contributed by atoms with van der Waals surface area (Å²) in [6.45, 7) is 0. The van der Waals surface area contributed by atoms with Crippen LogP contribution in [0.3, 0.4) is 0 Å². The molecule has 2 rings (SSSR count). The molecule has 3 nitrogen and oxygen atoms in total. The maximum atomic E-state index is 11.5. The van der Waals surface area contributed by atoms with Crippen LogP contribution in [0, 0.1) is 0 Å². The maximum absolute atomic E-state index is 11.5. The van der Waals surface area contributed by atoms with Gasteiger partial charge in [0.15, 0.2) is 0 Å². The standard InChI is InChI=1S/C11H21NO2S2/c1-16(13,14)11-4-2-3-9(7-11)12-10-5-6-15-8-10/h9-12H,2-8H2,1H3. The molecule has 0 bridgehead atoms. The average Bonchev–Trinajstić information content (AvgIpc) is 2.70. The summed E-state index contributed by atoms with van der Waals surface area (Å²) in [6.07, 6.45) is 6.50. The molecule has 1 N–H and O–H groups in total. The summed E-state index contributed by atoms with van der Waals surface area (Å²) in [5, 5.41) is 3.53. The minimum atomic E-state index is -2.84. The van der Waals surface area contributed by atoms with Crippen LogP contribution in [0.25, 0.3) is 0 Å². The van der Waals surface area contributed by atoms with Crippen molar-refractivity contribution in [3.05, 3.63) is 0 Å². The van der Waals surface area contributed by atoms with E-state index in [0.29, 0.717) is 12.1 Å². The second-order valence-corrected chi connectivity index (χ2v) is 8.52. The van der Waals surface area contributed by atoms with Gasteiger partial charge >= 0.3 is 0 Å². The molecule has 94 valence electrons. The van der Waals surface area contributed by atoms with E-state index in [1.807, 2.05) is 11.8 Å². The molecule has 0 radical (unpaired) electrons. The fourth-order valence-corrected chi connectivity index (χ4v) is 5.03. The van der Waals surface area contributed by atoms with Crippen LogP contribution in [0.4, 0.5) is 0 Å². The van der Waals surface area contributed by atoms with E-state index in [0.717, 1.165) is 25.7 Å². The normalized spacial score (nSPS) is 36.4. The van der Waals surface area contributed by atoms with Crippen molar-refractivity contribution < 1.29 is 8.42 Å². The predicted molar refractivity (Wildman–Crippen MR) is 69.8 cm³/mol. The van der Waals surface area contributed by atoms with E-state index < -0.39 is 9.84 Å². The SMILES string of the molecule is CS(=O)(=O)C1CCCC(NC2CCSC2)C1. The van der Waals surface area contributed by atoms with Crippen LogP contribution in [-0.4, -0.2) is 43.5 Å². The zero-order valence-electron chi connectivity index (χ0n) is 9.81. The first-order valence-corrected chi connectivity index (χ1v) is 9.19. The average molecular weight is 263 g/mol. The van der Waals surface area contributed by atoms with E-state index in [4.69, 9.17) is 0 Å². The summed E-state index contributed by atoms with van der Waals surface area (Å²) >= 11 is 2.00. The molecule has 1 saturated heterocycles. The topological polar surface area (TPSA) is 46.2 Å². The largest absolute Gasteiger partial charge is 0.310 e. The highest BCUT2D eigenvalue weighted by Gasteiger charge is 2.30. The summed E-state index contributed by atoms with van der Waals surface area (Å²) < 4.78 is 23.1. The van der Waals surface area contributed by atoms with Crippen molar-refractivity contribution in [3.63, 3.8) is 0 Å². The molecule has 2 aliphatic rings. The molecule has 0 aromatic heterocycles. The molecule has 1 aliphatic carbocycles. The van der Waals surface area contributed by atoms with E-state index in [9.17, 15) is 8.42 Å². The van der Waals surface area contributed by atoms with Crippen molar-refractivity contribution in [2.75, 3.05) is 17.8 Å². The van der Waals surface area contributed by atoms with Crippen LogP contribution < -0.4 is 5.32 Å². The number of nitrogens with one attached hydrogen (secondary N) is 1. The predicted octanol–water partition coefficient (Wildman–Crippen LogP) is 1.44. The van der Waals surface area contributed by atoms with E-state index in [1.165, 1.54) is 24.2 Å². The summed E-state index contributed by atoms with van der Waals surface area (Å²) in [6, 6.07) is 1.05. The minimum absolute atomic E-state index is 0.104. The van der Waals surface area contributed by atoms with Crippen molar-refractivity contribution >= 4 is 21.6 Å². The third-order valence-corrected chi connectivity index (χ3v) is 6.43. The van der Waals surface area contributed by atoms with Gasteiger partial charge in [0.05, 0.1) is 5.25 Å². The molecule has 0 spiro atoms. The maximum Gasteiger partial charge on any atom is 0.150 e. The Morgan fingerprint density at radius 2 is 2.00 bits per heavy atom. The van der Waals surface area contributed by atoms with Gasteiger partial charge < -0.3 is 5.32 Å². The summed E-state index contributed by atoms with van der Waals surface area (Å²) in [5.41, 5.74) is 0. The highest BCUT2D eigenvalue weighted by Crippen LogP contribution is 2.26. The van der Waals surface area contributed by atoms with E-state index in [2.05, 4.69) is 5.32 Å². The molecular weight excluding hydrogens is 242 g/mol. The highest BCUT2D eigenvalue weighted by atomic mass is 32.2. The first-order valence-electron chi connectivity index (χ1n) is 6.08. The van der Waals surface area contributed by atoms with Gasteiger partial charge in [-0.25, -0.2) is 8.42 Å². The molecule has 0 aromatic rings. The second kappa shape index (κ2) is 5.27. The Kier molecular flexibility index (Phi) is 4.19. The van der Waals surface area contributed by atoms with Crippen LogP contribution in [0.2, 0.25) is 0 Å². The minimum Gasteiger partial charge on any atom is -0.310 e. The van der Waals surface area contributed by atoms with Crippen molar-refractivity contribution in [1.29, 1.82) is 0 Å². The highest BCUT2D eigenvalue weighted by molar-refractivity contribution is 7.99. The lowest BCUT2D eigenvalue weighted by molar-refractivity contribution is 0.346. The zero-order valence-corrected chi connectivity index (χ0v) is 11.4. The summed E-state index contributed by atoms with van der Waals surface area (Å²) in [4.78, 5) is 0. The Hall–Kier alpha value is 0.260. The molecule has 3 atom stereocenters. The van der Waals surface area contributed by atoms with Crippen LogP contribution in [-0.2, 0) is 9.84 Å². The van der Waals surface area contributed by atoms with Crippen molar-refractivity contribution in [2.24, 2.45) is 0 Å². The smallest absolute Gasteiger partial charge is 0.150 e. The molecular formula is C11H21NO2S2. The number of rotatable bonds is 3. The molecule has 16 heavy (non-hydrogen) atoms. The van der Waals surface area contributed by atoms with E-state index in [1.54, 1.807) is 0 Å². The van der Waals surface area contributed by atoms with Crippen LogP contribution >= 0.6 is 11.8 Å². The second-order valence-electron chi connectivity index (χ2n) is 5.04.